The lowest BCUT2D eigenvalue weighted by atomic mass is 9.99. The summed E-state index contributed by atoms with van der Waals surface area (Å²) in [5.74, 6) is 1.95. The minimum atomic E-state index is -2.40. The summed E-state index contributed by atoms with van der Waals surface area (Å²) in [5.41, 5.74) is 0.899. The summed E-state index contributed by atoms with van der Waals surface area (Å²) in [5, 5.41) is 9.69. The van der Waals surface area contributed by atoms with Crippen molar-refractivity contribution in [2.45, 2.75) is 64.5 Å². The van der Waals surface area contributed by atoms with E-state index in [1.807, 2.05) is 6.07 Å². The molecule has 14 heteroatoms. The zero-order valence-electron chi connectivity index (χ0n) is 24.1. The van der Waals surface area contributed by atoms with Gasteiger partial charge in [-0.3, -0.25) is 4.79 Å². The Morgan fingerprint density at radius 1 is 1.27 bits per heavy atom. The number of hydrogen-bond donors (Lipinski definition) is 2. The maximum absolute atomic E-state index is 13.5. The van der Waals surface area contributed by atoms with Gasteiger partial charge in [-0.1, -0.05) is 45.1 Å². The number of nitrogens with zero attached hydrogens (tertiary/aromatic N) is 2. The van der Waals surface area contributed by atoms with Crippen LogP contribution in [-0.4, -0.2) is 61.3 Å². The third-order valence-corrected chi connectivity index (χ3v) is 14.1. The topological polar surface area (TPSA) is 125 Å². The highest BCUT2D eigenvalue weighted by molar-refractivity contribution is 9.10. The molecule has 220 valence electrons. The third-order valence-electron chi connectivity index (χ3n) is 7.57. The number of ether oxygens (including phenoxy) is 2. The molecule has 0 unspecified atom stereocenters. The summed E-state index contributed by atoms with van der Waals surface area (Å²) >= 11 is 10.5. The molecule has 1 amide bonds. The lowest BCUT2D eigenvalue weighted by molar-refractivity contribution is -0.123. The van der Waals surface area contributed by atoms with E-state index in [9.17, 15) is 9.59 Å². The fourth-order valence-electron chi connectivity index (χ4n) is 3.93. The van der Waals surface area contributed by atoms with Crippen LogP contribution in [0.1, 0.15) is 61.4 Å². The van der Waals surface area contributed by atoms with Crippen LogP contribution in [0.2, 0.25) is 18.1 Å². The van der Waals surface area contributed by atoms with Gasteiger partial charge >= 0.3 is 5.97 Å². The van der Waals surface area contributed by atoms with Crippen molar-refractivity contribution in [2.75, 3.05) is 26.0 Å². The molecule has 2 aromatic rings. The number of methoxy groups -OCH3 is 1. The molecular formula is C26H37BrN4O6S2Si. The fourth-order valence-corrected chi connectivity index (χ4v) is 8.28. The van der Waals surface area contributed by atoms with E-state index >= 15 is 0 Å². The average Bonchev–Trinajstić information content (AvgIpc) is 3.32. The smallest absolute Gasteiger partial charge is 0.340 e. The van der Waals surface area contributed by atoms with E-state index < -0.39 is 32.8 Å². The van der Waals surface area contributed by atoms with E-state index in [4.69, 9.17) is 30.6 Å². The molecule has 3 rings (SSSR count). The quantitative estimate of drug-likeness (QED) is 0.234. The molecule has 0 bridgehead atoms. The van der Waals surface area contributed by atoms with Crippen LogP contribution >= 0.6 is 39.9 Å². The number of nitrogens with one attached hydrogen (secondary N) is 2. The van der Waals surface area contributed by atoms with Crippen LogP contribution in [0.25, 0.3) is 0 Å². The second-order valence-corrected chi connectivity index (χ2v) is 17.7. The van der Waals surface area contributed by atoms with Crippen molar-refractivity contribution in [1.29, 1.82) is 0 Å². The van der Waals surface area contributed by atoms with E-state index in [1.54, 1.807) is 18.7 Å². The molecule has 1 atom stereocenters. The van der Waals surface area contributed by atoms with Gasteiger partial charge in [0.25, 0.3) is 14.2 Å². The summed E-state index contributed by atoms with van der Waals surface area (Å²) in [4.78, 5) is 30.7. The number of thiocarbonyl (C=S) groups is 1. The standard InChI is InChI=1S/C26H37BrN4O6S2Si/c1-14(2)26(4,5)40(7,8)37-18-9-19(34-6)23(27)22-16(18)12-39-13-17(24-29-15(3)31-36-24)30-21(38)10-28-20(32)11-35-25(22)33/h9,14,17H,10-13H2,1-8H3,(H,28,32)(H,30,38)/t17-/m0/s1. The highest BCUT2D eigenvalue weighted by Crippen LogP contribution is 2.47. The summed E-state index contributed by atoms with van der Waals surface area (Å²) < 4.78 is 23.8. The Kier molecular flexibility index (Phi) is 10.7. The molecule has 0 aliphatic carbocycles. The van der Waals surface area contributed by atoms with Gasteiger partial charge in [-0.2, -0.15) is 16.7 Å². The Morgan fingerprint density at radius 3 is 2.58 bits per heavy atom. The Hall–Kier alpha value is -2.16. The fraction of sp³-hybridized carbons (Fsp3) is 0.577. The van der Waals surface area contributed by atoms with Crippen LogP contribution in [0.3, 0.4) is 0 Å². The third kappa shape index (κ3) is 7.37. The summed E-state index contributed by atoms with van der Waals surface area (Å²) in [6, 6.07) is 1.40. The van der Waals surface area contributed by atoms with E-state index in [1.165, 1.54) is 7.11 Å². The first kappa shape index (κ1) is 32.4. The number of carbonyl (C=O) groups excluding carboxylic acids is 2. The molecule has 10 nitrogen and oxygen atoms in total. The molecule has 40 heavy (non-hydrogen) atoms. The first-order valence-electron chi connectivity index (χ1n) is 12.9. The minimum absolute atomic E-state index is 0.0669. The Bertz CT molecular complexity index is 1270. The Labute approximate surface area is 254 Å². The molecule has 0 saturated carbocycles. The summed E-state index contributed by atoms with van der Waals surface area (Å²) in [7, 11) is -0.869. The summed E-state index contributed by atoms with van der Waals surface area (Å²) in [6.45, 7) is 14.5. The number of cyclic esters (lactones) is 1. The van der Waals surface area contributed by atoms with Crippen LogP contribution in [0.15, 0.2) is 15.1 Å². The number of hydrogen-bond acceptors (Lipinski definition) is 10. The first-order chi connectivity index (χ1) is 18.7. The predicted molar refractivity (Wildman–Crippen MR) is 165 cm³/mol. The normalized spacial score (nSPS) is 17.9. The van der Waals surface area contributed by atoms with Crippen LogP contribution in [-0.2, 0) is 15.3 Å². The Balaban J connectivity index is 2.11. The maximum Gasteiger partial charge on any atom is 0.340 e. The van der Waals surface area contributed by atoms with Crippen molar-refractivity contribution in [1.82, 2.24) is 20.8 Å². The van der Waals surface area contributed by atoms with Crippen molar-refractivity contribution in [2.24, 2.45) is 5.92 Å². The molecule has 2 heterocycles. The lowest BCUT2D eigenvalue weighted by Gasteiger charge is -2.43. The number of halogens is 1. The van der Waals surface area contributed by atoms with E-state index in [2.05, 4.69) is 77.5 Å². The number of aromatic nitrogens is 2. The monoisotopic (exact) mass is 672 g/mol. The molecule has 1 aliphatic rings. The number of carbonyl (C=O) groups is 2. The number of rotatable bonds is 6. The number of thioether (sulfide) groups is 1. The van der Waals surface area contributed by atoms with Gasteiger partial charge in [-0.25, -0.2) is 4.79 Å². The van der Waals surface area contributed by atoms with Gasteiger partial charge in [0.2, 0.25) is 5.89 Å². The highest BCUT2D eigenvalue weighted by atomic mass is 79.9. The van der Waals surface area contributed by atoms with Crippen molar-refractivity contribution in [3.63, 3.8) is 0 Å². The van der Waals surface area contributed by atoms with E-state index in [0.29, 0.717) is 55.7 Å². The first-order valence-corrected chi connectivity index (χ1v) is 18.1. The van der Waals surface area contributed by atoms with Gasteiger partial charge in [0.05, 0.1) is 28.7 Å². The van der Waals surface area contributed by atoms with E-state index in [0.717, 1.165) is 0 Å². The molecule has 1 aromatic heterocycles. The molecule has 0 fully saturated rings. The van der Waals surface area contributed by atoms with Crippen molar-refractivity contribution >= 4 is 65.1 Å². The van der Waals surface area contributed by atoms with Crippen LogP contribution in [0.4, 0.5) is 0 Å². The van der Waals surface area contributed by atoms with Crippen molar-refractivity contribution in [3.8, 4) is 11.5 Å². The molecule has 0 spiro atoms. The van der Waals surface area contributed by atoms with Crippen molar-refractivity contribution in [3.05, 3.63) is 33.4 Å². The zero-order chi connectivity index (χ0) is 29.8. The van der Waals surface area contributed by atoms with Crippen LogP contribution in [0, 0.1) is 12.8 Å². The predicted octanol–water partition coefficient (Wildman–Crippen LogP) is 5.35. The van der Waals surface area contributed by atoms with Crippen molar-refractivity contribution < 1.29 is 28.0 Å². The summed E-state index contributed by atoms with van der Waals surface area (Å²) in [6.07, 6.45) is 0. The zero-order valence-corrected chi connectivity index (χ0v) is 28.3. The lowest BCUT2D eigenvalue weighted by Crippen LogP contribution is -2.48. The van der Waals surface area contributed by atoms with Crippen LogP contribution < -0.4 is 19.8 Å². The second-order valence-electron chi connectivity index (χ2n) is 10.9. The number of fused-ring (bicyclic) bond motifs is 1. The second kappa shape index (κ2) is 13.2. The Morgan fingerprint density at radius 2 is 1.98 bits per heavy atom. The number of aryl methyl sites for hydroxylation is 1. The maximum atomic E-state index is 13.5. The largest absolute Gasteiger partial charge is 0.543 e. The average molecular weight is 674 g/mol. The molecule has 0 radical (unpaired) electrons. The molecule has 2 N–H and O–H groups in total. The number of esters is 1. The SMILES string of the molecule is COc1cc(O[Si](C)(C)C(C)(C)C(C)C)c2c(c1Br)C(=O)OCC(=O)NCC(=S)N[C@H](c1nc(C)no1)CSC2. The van der Waals surface area contributed by atoms with Gasteiger partial charge in [-0.05, 0) is 46.9 Å². The molecule has 1 aliphatic heterocycles. The minimum Gasteiger partial charge on any atom is -0.543 e. The van der Waals surface area contributed by atoms with Gasteiger partial charge in [0, 0.05) is 23.1 Å². The number of benzene rings is 1. The molecule has 0 saturated heterocycles. The highest BCUT2D eigenvalue weighted by Gasteiger charge is 2.45. The number of amides is 1. The molecule has 1 aromatic carbocycles. The molecular weight excluding hydrogens is 636 g/mol. The van der Waals surface area contributed by atoms with Gasteiger partial charge in [0.1, 0.15) is 17.5 Å². The van der Waals surface area contributed by atoms with Crippen LogP contribution in [0.5, 0.6) is 11.5 Å². The van der Waals surface area contributed by atoms with Gasteiger partial charge < -0.3 is 29.1 Å². The van der Waals surface area contributed by atoms with Gasteiger partial charge in [0.15, 0.2) is 12.4 Å². The van der Waals surface area contributed by atoms with E-state index in [-0.39, 0.29) is 17.1 Å². The van der Waals surface area contributed by atoms with Gasteiger partial charge in [-0.15, -0.1) is 0 Å².